The molecule has 1 atom stereocenters. The molecule has 1 aromatic carbocycles. The van der Waals surface area contributed by atoms with Crippen molar-refractivity contribution in [1.29, 1.82) is 0 Å². The standard InChI is InChI=1S/C13H16ClNO/c14-12-3-1-10(2-4-12)7-13(16)8-11-5-6-15-9-11/h1-4,11,15H,5-9H2. The summed E-state index contributed by atoms with van der Waals surface area (Å²) in [7, 11) is 0. The van der Waals surface area contributed by atoms with Gasteiger partial charge in [0, 0.05) is 17.9 Å². The molecule has 0 saturated carbocycles. The van der Waals surface area contributed by atoms with Crippen molar-refractivity contribution >= 4 is 17.4 Å². The van der Waals surface area contributed by atoms with Crippen molar-refractivity contribution in [2.45, 2.75) is 19.3 Å². The molecule has 0 aromatic heterocycles. The van der Waals surface area contributed by atoms with Crippen molar-refractivity contribution in [3.05, 3.63) is 34.9 Å². The summed E-state index contributed by atoms with van der Waals surface area (Å²) in [5, 5.41) is 4.00. The Balaban J connectivity index is 1.84. The maximum Gasteiger partial charge on any atom is 0.137 e. The molecule has 1 aliphatic heterocycles. The van der Waals surface area contributed by atoms with Crippen LogP contribution >= 0.6 is 11.6 Å². The van der Waals surface area contributed by atoms with Crippen LogP contribution in [0.3, 0.4) is 0 Å². The minimum absolute atomic E-state index is 0.330. The highest BCUT2D eigenvalue weighted by Crippen LogP contribution is 2.15. The van der Waals surface area contributed by atoms with E-state index in [9.17, 15) is 4.79 Å². The maximum absolute atomic E-state index is 11.8. The molecule has 1 aromatic rings. The predicted molar refractivity (Wildman–Crippen MR) is 65.8 cm³/mol. The number of hydrogen-bond donors (Lipinski definition) is 1. The second-order valence-electron chi connectivity index (χ2n) is 4.40. The normalized spacial score (nSPS) is 19.9. The average Bonchev–Trinajstić information content (AvgIpc) is 2.74. The molecule has 16 heavy (non-hydrogen) atoms. The number of ketones is 1. The molecule has 0 spiro atoms. The zero-order chi connectivity index (χ0) is 11.4. The van der Waals surface area contributed by atoms with Gasteiger partial charge in [0.05, 0.1) is 0 Å². The molecular formula is C13H16ClNO. The number of carbonyl (C=O) groups is 1. The van der Waals surface area contributed by atoms with Gasteiger partial charge in [-0.2, -0.15) is 0 Å². The molecule has 3 heteroatoms. The number of rotatable bonds is 4. The smallest absolute Gasteiger partial charge is 0.137 e. The van der Waals surface area contributed by atoms with E-state index >= 15 is 0 Å². The summed E-state index contributed by atoms with van der Waals surface area (Å²) in [6, 6.07) is 7.52. The third kappa shape index (κ3) is 3.32. The van der Waals surface area contributed by atoms with E-state index in [2.05, 4.69) is 5.32 Å². The second-order valence-corrected chi connectivity index (χ2v) is 4.84. The van der Waals surface area contributed by atoms with Gasteiger partial charge in [0.25, 0.3) is 0 Å². The second kappa shape index (κ2) is 5.46. The van der Waals surface area contributed by atoms with E-state index in [0.717, 1.165) is 30.1 Å². The highest BCUT2D eigenvalue weighted by molar-refractivity contribution is 6.30. The fourth-order valence-corrected chi connectivity index (χ4v) is 2.24. The Kier molecular flexibility index (Phi) is 3.97. The van der Waals surface area contributed by atoms with E-state index in [-0.39, 0.29) is 0 Å². The minimum Gasteiger partial charge on any atom is -0.316 e. The molecule has 0 radical (unpaired) electrons. The fourth-order valence-electron chi connectivity index (χ4n) is 2.11. The van der Waals surface area contributed by atoms with Gasteiger partial charge in [-0.15, -0.1) is 0 Å². The van der Waals surface area contributed by atoms with Crippen LogP contribution in [0.5, 0.6) is 0 Å². The fraction of sp³-hybridized carbons (Fsp3) is 0.462. The summed E-state index contributed by atoms with van der Waals surface area (Å²) in [5.74, 6) is 0.871. The van der Waals surface area contributed by atoms with Gasteiger partial charge in [-0.1, -0.05) is 23.7 Å². The quantitative estimate of drug-likeness (QED) is 0.872. The van der Waals surface area contributed by atoms with Crippen LogP contribution in [0.25, 0.3) is 0 Å². The topological polar surface area (TPSA) is 29.1 Å². The Bertz CT molecular complexity index is 355. The first-order chi connectivity index (χ1) is 7.74. The van der Waals surface area contributed by atoms with Crippen molar-refractivity contribution in [3.63, 3.8) is 0 Å². The highest BCUT2D eigenvalue weighted by atomic mass is 35.5. The first-order valence-electron chi connectivity index (χ1n) is 5.71. The molecule has 1 fully saturated rings. The van der Waals surface area contributed by atoms with E-state index in [1.807, 2.05) is 24.3 Å². The van der Waals surface area contributed by atoms with Crippen molar-refractivity contribution in [2.24, 2.45) is 5.92 Å². The van der Waals surface area contributed by atoms with Crippen molar-refractivity contribution < 1.29 is 4.79 Å². The summed E-state index contributed by atoms with van der Waals surface area (Å²) in [6.07, 6.45) is 2.37. The lowest BCUT2D eigenvalue weighted by molar-refractivity contribution is -0.119. The molecular weight excluding hydrogens is 222 g/mol. The van der Waals surface area contributed by atoms with Gasteiger partial charge in [0.2, 0.25) is 0 Å². The van der Waals surface area contributed by atoms with E-state index < -0.39 is 0 Å². The van der Waals surface area contributed by atoms with Gasteiger partial charge >= 0.3 is 0 Å². The van der Waals surface area contributed by atoms with Crippen LogP contribution in [0.2, 0.25) is 5.02 Å². The van der Waals surface area contributed by atoms with Crippen LogP contribution in [0.1, 0.15) is 18.4 Å². The molecule has 1 N–H and O–H groups in total. The van der Waals surface area contributed by atoms with Gasteiger partial charge in [-0.25, -0.2) is 0 Å². The molecule has 1 aliphatic rings. The Morgan fingerprint density at radius 1 is 1.38 bits per heavy atom. The van der Waals surface area contributed by atoms with E-state index in [0.29, 0.717) is 24.5 Å². The van der Waals surface area contributed by atoms with Gasteiger partial charge in [-0.3, -0.25) is 4.79 Å². The summed E-state index contributed by atoms with van der Waals surface area (Å²) < 4.78 is 0. The first-order valence-corrected chi connectivity index (χ1v) is 6.08. The third-order valence-corrected chi connectivity index (χ3v) is 3.25. The first kappa shape index (κ1) is 11.6. The van der Waals surface area contributed by atoms with E-state index in [1.54, 1.807) is 0 Å². The molecule has 2 rings (SSSR count). The van der Waals surface area contributed by atoms with Crippen molar-refractivity contribution in [3.8, 4) is 0 Å². The SMILES string of the molecule is O=C(Cc1ccc(Cl)cc1)CC1CCNC1. The average molecular weight is 238 g/mol. The Hall–Kier alpha value is -0.860. The summed E-state index contributed by atoms with van der Waals surface area (Å²) in [6.45, 7) is 2.05. The summed E-state index contributed by atoms with van der Waals surface area (Å²) >= 11 is 5.79. The van der Waals surface area contributed by atoms with Crippen molar-refractivity contribution in [1.82, 2.24) is 5.32 Å². The van der Waals surface area contributed by atoms with Crippen LogP contribution in [-0.4, -0.2) is 18.9 Å². The monoisotopic (exact) mass is 237 g/mol. The Morgan fingerprint density at radius 2 is 2.12 bits per heavy atom. The van der Waals surface area contributed by atoms with Gasteiger partial charge in [0.15, 0.2) is 0 Å². The molecule has 1 saturated heterocycles. The summed E-state index contributed by atoms with van der Waals surface area (Å²) in [4.78, 5) is 11.8. The lowest BCUT2D eigenvalue weighted by atomic mass is 9.98. The van der Waals surface area contributed by atoms with Crippen molar-refractivity contribution in [2.75, 3.05) is 13.1 Å². The van der Waals surface area contributed by atoms with Gasteiger partial charge in [-0.05, 0) is 43.1 Å². The highest BCUT2D eigenvalue weighted by Gasteiger charge is 2.17. The number of hydrogen-bond acceptors (Lipinski definition) is 2. The number of benzene rings is 1. The zero-order valence-corrected chi connectivity index (χ0v) is 9.96. The maximum atomic E-state index is 11.8. The van der Waals surface area contributed by atoms with Gasteiger partial charge in [0.1, 0.15) is 5.78 Å². The Labute approximate surface area is 101 Å². The zero-order valence-electron chi connectivity index (χ0n) is 9.21. The van der Waals surface area contributed by atoms with Crippen LogP contribution in [0, 0.1) is 5.92 Å². The van der Waals surface area contributed by atoms with Crippen LogP contribution < -0.4 is 5.32 Å². The van der Waals surface area contributed by atoms with Gasteiger partial charge < -0.3 is 5.32 Å². The molecule has 2 nitrogen and oxygen atoms in total. The molecule has 0 amide bonds. The molecule has 0 aliphatic carbocycles. The van der Waals surface area contributed by atoms with E-state index in [1.165, 1.54) is 0 Å². The number of Topliss-reactive ketones (excluding diaryl/α,β-unsaturated/α-hetero) is 1. The van der Waals surface area contributed by atoms with Crippen LogP contribution in [-0.2, 0) is 11.2 Å². The third-order valence-electron chi connectivity index (χ3n) is 2.99. The Morgan fingerprint density at radius 3 is 2.75 bits per heavy atom. The predicted octanol–water partition coefficient (Wildman–Crippen LogP) is 2.45. The minimum atomic E-state index is 0.330. The number of halogens is 1. The van der Waals surface area contributed by atoms with E-state index in [4.69, 9.17) is 11.6 Å². The molecule has 1 unspecified atom stereocenters. The lowest BCUT2D eigenvalue weighted by Gasteiger charge is -2.06. The molecule has 86 valence electrons. The van der Waals surface area contributed by atoms with Crippen LogP contribution in [0.4, 0.5) is 0 Å². The number of nitrogens with one attached hydrogen (secondary N) is 1. The number of carbonyl (C=O) groups excluding carboxylic acids is 1. The van der Waals surface area contributed by atoms with Crippen LogP contribution in [0.15, 0.2) is 24.3 Å². The largest absolute Gasteiger partial charge is 0.316 e. The lowest BCUT2D eigenvalue weighted by Crippen LogP contribution is -2.14. The molecule has 0 bridgehead atoms. The summed E-state index contributed by atoms with van der Waals surface area (Å²) in [5.41, 5.74) is 1.06. The molecule has 1 heterocycles.